The van der Waals surface area contributed by atoms with E-state index in [9.17, 15) is 4.79 Å². The Morgan fingerprint density at radius 1 is 1.21 bits per heavy atom. The average Bonchev–Trinajstić information content (AvgIpc) is 2.62. The number of benzene rings is 1. The number of piperazine rings is 1. The Labute approximate surface area is 146 Å². The highest BCUT2D eigenvalue weighted by Gasteiger charge is 2.17. The van der Waals surface area contributed by atoms with Crippen LogP contribution in [0.25, 0.3) is 0 Å². The molecule has 1 aliphatic heterocycles. The standard InChI is InChI=1S/C17H20ClN5O/c18-15-3-1-2-14(12-15)4-6-19-16-5-7-20-17(21-16)23-10-8-22(13-24)9-11-23/h1-3,5,7,12-13H,4,6,8-11H2,(H,19,20,21). The third kappa shape index (κ3) is 4.35. The van der Waals surface area contributed by atoms with Crippen LogP contribution in [0.1, 0.15) is 5.56 Å². The maximum absolute atomic E-state index is 10.8. The van der Waals surface area contributed by atoms with Crippen molar-refractivity contribution in [3.63, 3.8) is 0 Å². The third-order valence-corrected chi connectivity index (χ3v) is 4.23. The van der Waals surface area contributed by atoms with Gasteiger partial charge in [-0.2, -0.15) is 4.98 Å². The number of hydrogen-bond donors (Lipinski definition) is 1. The Hall–Kier alpha value is -2.34. The van der Waals surface area contributed by atoms with Gasteiger partial charge in [-0.25, -0.2) is 4.98 Å². The van der Waals surface area contributed by atoms with E-state index in [0.717, 1.165) is 43.3 Å². The SMILES string of the molecule is O=CN1CCN(c2nccc(NCCc3cccc(Cl)c3)n2)CC1. The van der Waals surface area contributed by atoms with E-state index < -0.39 is 0 Å². The van der Waals surface area contributed by atoms with Crippen molar-refractivity contribution < 1.29 is 4.79 Å². The lowest BCUT2D eigenvalue weighted by atomic mass is 10.1. The normalized spacial score (nSPS) is 14.5. The van der Waals surface area contributed by atoms with Crippen LogP contribution < -0.4 is 10.2 Å². The lowest BCUT2D eigenvalue weighted by Crippen LogP contribution is -2.46. The summed E-state index contributed by atoms with van der Waals surface area (Å²) in [5.74, 6) is 1.51. The first kappa shape index (κ1) is 16.5. The Balaban J connectivity index is 1.54. The quantitative estimate of drug-likeness (QED) is 0.812. The molecule has 0 atom stereocenters. The molecule has 0 unspecified atom stereocenters. The molecule has 0 spiro atoms. The second-order valence-corrected chi connectivity index (χ2v) is 6.11. The maximum Gasteiger partial charge on any atom is 0.227 e. The smallest absolute Gasteiger partial charge is 0.227 e. The number of hydrogen-bond acceptors (Lipinski definition) is 5. The monoisotopic (exact) mass is 345 g/mol. The molecule has 2 heterocycles. The highest BCUT2D eigenvalue weighted by Crippen LogP contribution is 2.14. The number of rotatable bonds is 6. The van der Waals surface area contributed by atoms with Gasteiger partial charge in [-0.15, -0.1) is 0 Å². The van der Waals surface area contributed by atoms with Gasteiger partial charge in [-0.1, -0.05) is 23.7 Å². The van der Waals surface area contributed by atoms with Gasteiger partial charge in [-0.3, -0.25) is 4.79 Å². The molecule has 0 saturated carbocycles. The molecule has 6 nitrogen and oxygen atoms in total. The van der Waals surface area contributed by atoms with Crippen molar-refractivity contribution in [2.45, 2.75) is 6.42 Å². The molecule has 0 radical (unpaired) electrons. The molecule has 1 aromatic carbocycles. The van der Waals surface area contributed by atoms with E-state index in [-0.39, 0.29) is 0 Å². The zero-order chi connectivity index (χ0) is 16.8. The number of carbonyl (C=O) groups excluding carboxylic acids is 1. The van der Waals surface area contributed by atoms with Gasteiger partial charge in [-0.05, 0) is 30.2 Å². The summed E-state index contributed by atoms with van der Waals surface area (Å²) in [6, 6.07) is 9.73. The summed E-state index contributed by atoms with van der Waals surface area (Å²) in [4.78, 5) is 23.5. The van der Waals surface area contributed by atoms with Gasteiger partial charge < -0.3 is 15.1 Å². The van der Waals surface area contributed by atoms with Crippen LogP contribution in [0.5, 0.6) is 0 Å². The van der Waals surface area contributed by atoms with Crippen LogP contribution in [0.15, 0.2) is 36.5 Å². The Morgan fingerprint density at radius 3 is 2.79 bits per heavy atom. The van der Waals surface area contributed by atoms with Crippen molar-refractivity contribution in [3.05, 3.63) is 47.1 Å². The van der Waals surface area contributed by atoms with E-state index in [4.69, 9.17) is 11.6 Å². The first-order valence-corrected chi connectivity index (χ1v) is 8.38. The summed E-state index contributed by atoms with van der Waals surface area (Å²) in [6.07, 6.45) is 3.53. The minimum atomic E-state index is 0.702. The zero-order valence-corrected chi connectivity index (χ0v) is 14.1. The van der Waals surface area contributed by atoms with Gasteiger partial charge in [0.25, 0.3) is 0 Å². The molecule has 1 saturated heterocycles. The fraction of sp³-hybridized carbons (Fsp3) is 0.353. The van der Waals surface area contributed by atoms with Gasteiger partial charge in [0.15, 0.2) is 0 Å². The van der Waals surface area contributed by atoms with Crippen molar-refractivity contribution in [1.82, 2.24) is 14.9 Å². The predicted octanol–water partition coefficient (Wildman–Crippen LogP) is 2.06. The van der Waals surface area contributed by atoms with Crippen LogP contribution in [0.2, 0.25) is 5.02 Å². The molecule has 0 bridgehead atoms. The van der Waals surface area contributed by atoms with E-state index in [1.54, 1.807) is 11.1 Å². The Morgan fingerprint density at radius 2 is 2.04 bits per heavy atom. The lowest BCUT2D eigenvalue weighted by Gasteiger charge is -2.32. The van der Waals surface area contributed by atoms with Crippen LogP contribution in [-0.4, -0.2) is 54.0 Å². The lowest BCUT2D eigenvalue weighted by molar-refractivity contribution is -0.118. The van der Waals surface area contributed by atoms with Crippen molar-refractivity contribution in [3.8, 4) is 0 Å². The summed E-state index contributed by atoms with van der Waals surface area (Å²) in [5.41, 5.74) is 1.19. The van der Waals surface area contributed by atoms with Crippen molar-refractivity contribution >= 4 is 29.8 Å². The number of anilines is 2. The maximum atomic E-state index is 10.8. The predicted molar refractivity (Wildman–Crippen MR) is 95.5 cm³/mol. The molecular weight excluding hydrogens is 326 g/mol. The molecule has 1 N–H and O–H groups in total. The van der Waals surface area contributed by atoms with E-state index in [0.29, 0.717) is 19.0 Å². The van der Waals surface area contributed by atoms with Crippen LogP contribution in [0.4, 0.5) is 11.8 Å². The minimum Gasteiger partial charge on any atom is -0.370 e. The van der Waals surface area contributed by atoms with Gasteiger partial charge in [0.2, 0.25) is 12.4 Å². The minimum absolute atomic E-state index is 0.702. The number of halogens is 1. The third-order valence-electron chi connectivity index (χ3n) is 4.00. The van der Waals surface area contributed by atoms with Crippen LogP contribution in [0, 0.1) is 0 Å². The van der Waals surface area contributed by atoms with E-state index >= 15 is 0 Å². The van der Waals surface area contributed by atoms with Crippen molar-refractivity contribution in [1.29, 1.82) is 0 Å². The van der Waals surface area contributed by atoms with E-state index in [2.05, 4.69) is 26.3 Å². The van der Waals surface area contributed by atoms with Crippen LogP contribution in [-0.2, 0) is 11.2 Å². The number of amides is 1. The Kier molecular flexibility index (Phi) is 5.48. The van der Waals surface area contributed by atoms with Crippen LogP contribution >= 0.6 is 11.6 Å². The number of aromatic nitrogens is 2. The molecule has 1 fully saturated rings. The number of carbonyl (C=O) groups is 1. The Bertz CT molecular complexity index is 688. The fourth-order valence-electron chi connectivity index (χ4n) is 2.65. The first-order chi connectivity index (χ1) is 11.7. The topological polar surface area (TPSA) is 61.4 Å². The van der Waals surface area contributed by atoms with Gasteiger partial charge in [0, 0.05) is 43.9 Å². The van der Waals surface area contributed by atoms with Crippen LogP contribution in [0.3, 0.4) is 0 Å². The molecule has 126 valence electrons. The molecular formula is C17H20ClN5O. The van der Waals surface area contributed by atoms with E-state index in [1.807, 2.05) is 24.3 Å². The molecule has 0 aliphatic carbocycles. The fourth-order valence-corrected chi connectivity index (χ4v) is 2.87. The molecule has 2 aromatic rings. The van der Waals surface area contributed by atoms with Gasteiger partial charge >= 0.3 is 0 Å². The molecule has 1 aromatic heterocycles. The summed E-state index contributed by atoms with van der Waals surface area (Å²) >= 11 is 6.00. The first-order valence-electron chi connectivity index (χ1n) is 8.00. The highest BCUT2D eigenvalue weighted by molar-refractivity contribution is 6.30. The summed E-state index contributed by atoms with van der Waals surface area (Å²) in [6.45, 7) is 3.70. The summed E-state index contributed by atoms with van der Waals surface area (Å²) < 4.78 is 0. The molecule has 7 heteroatoms. The molecule has 24 heavy (non-hydrogen) atoms. The molecule has 1 aliphatic rings. The second-order valence-electron chi connectivity index (χ2n) is 5.68. The average molecular weight is 346 g/mol. The summed E-state index contributed by atoms with van der Waals surface area (Å²) in [7, 11) is 0. The van der Waals surface area contributed by atoms with Gasteiger partial charge in [0.05, 0.1) is 0 Å². The molecule has 1 amide bonds. The summed E-state index contributed by atoms with van der Waals surface area (Å²) in [5, 5.41) is 4.08. The van der Waals surface area contributed by atoms with Gasteiger partial charge in [0.1, 0.15) is 5.82 Å². The van der Waals surface area contributed by atoms with Crippen molar-refractivity contribution in [2.24, 2.45) is 0 Å². The zero-order valence-electron chi connectivity index (χ0n) is 13.4. The largest absolute Gasteiger partial charge is 0.370 e. The number of nitrogens with one attached hydrogen (secondary N) is 1. The highest BCUT2D eigenvalue weighted by atomic mass is 35.5. The second kappa shape index (κ2) is 7.97. The number of nitrogens with zero attached hydrogens (tertiary/aromatic N) is 4. The molecule has 3 rings (SSSR count). The van der Waals surface area contributed by atoms with Crippen molar-refractivity contribution in [2.75, 3.05) is 42.9 Å². The van der Waals surface area contributed by atoms with E-state index in [1.165, 1.54) is 5.56 Å².